The summed E-state index contributed by atoms with van der Waals surface area (Å²) in [5.74, 6) is 3.79. The molecule has 1 amide bonds. The van der Waals surface area contributed by atoms with Gasteiger partial charge in [0.25, 0.3) is 0 Å². The quantitative estimate of drug-likeness (QED) is 0.710. The number of carbonyl (C=O) groups excluding carboxylic acids is 1. The molecular weight excluding hydrogens is 234 g/mol. The molecule has 0 N–H and O–H groups in total. The highest BCUT2D eigenvalue weighted by atomic mass is 35.5. The molecule has 0 spiro atoms. The Morgan fingerprint density at radius 2 is 1.88 bits per heavy atom. The van der Waals surface area contributed by atoms with Gasteiger partial charge in [0.05, 0.1) is 0 Å². The SMILES string of the molecule is O=C(C1C2CCCCC21)N1CCC(CCCl)C1. The maximum atomic E-state index is 12.4. The smallest absolute Gasteiger partial charge is 0.226 e. The minimum Gasteiger partial charge on any atom is -0.342 e. The van der Waals surface area contributed by atoms with E-state index < -0.39 is 0 Å². The lowest BCUT2D eigenvalue weighted by Gasteiger charge is -2.16. The zero-order valence-corrected chi connectivity index (χ0v) is 11.2. The van der Waals surface area contributed by atoms with Gasteiger partial charge in [-0.2, -0.15) is 0 Å². The van der Waals surface area contributed by atoms with Crippen molar-refractivity contribution in [3.8, 4) is 0 Å². The fourth-order valence-corrected chi connectivity index (χ4v) is 4.30. The number of halogens is 1. The zero-order chi connectivity index (χ0) is 11.8. The normalized spacial score (nSPS) is 40.2. The summed E-state index contributed by atoms with van der Waals surface area (Å²) in [5.41, 5.74) is 0. The maximum absolute atomic E-state index is 12.4. The molecule has 1 aliphatic heterocycles. The van der Waals surface area contributed by atoms with Crippen molar-refractivity contribution in [2.45, 2.75) is 38.5 Å². The summed E-state index contributed by atoms with van der Waals surface area (Å²) in [7, 11) is 0. The van der Waals surface area contributed by atoms with Gasteiger partial charge < -0.3 is 4.90 Å². The summed E-state index contributed by atoms with van der Waals surface area (Å²) >= 11 is 5.78. The number of rotatable bonds is 3. The lowest BCUT2D eigenvalue weighted by Crippen LogP contribution is -2.31. The van der Waals surface area contributed by atoms with Crippen LogP contribution in [0.25, 0.3) is 0 Å². The van der Waals surface area contributed by atoms with Crippen molar-refractivity contribution in [1.29, 1.82) is 0 Å². The van der Waals surface area contributed by atoms with Gasteiger partial charge in [0.15, 0.2) is 0 Å². The lowest BCUT2D eigenvalue weighted by atomic mass is 10.0. The van der Waals surface area contributed by atoms with E-state index in [4.69, 9.17) is 11.6 Å². The first-order valence-corrected chi connectivity index (χ1v) is 7.69. The molecule has 2 nitrogen and oxygen atoms in total. The molecule has 3 aliphatic rings. The van der Waals surface area contributed by atoms with Crippen molar-refractivity contribution in [3.63, 3.8) is 0 Å². The van der Waals surface area contributed by atoms with Crippen LogP contribution in [-0.4, -0.2) is 29.8 Å². The molecule has 3 heteroatoms. The third-order valence-electron chi connectivity index (χ3n) is 5.06. The highest BCUT2D eigenvalue weighted by molar-refractivity contribution is 6.17. The molecule has 0 aromatic carbocycles. The van der Waals surface area contributed by atoms with E-state index >= 15 is 0 Å². The van der Waals surface area contributed by atoms with Gasteiger partial charge in [-0.15, -0.1) is 11.6 Å². The molecule has 0 radical (unpaired) electrons. The summed E-state index contributed by atoms with van der Waals surface area (Å²) in [6.07, 6.45) is 7.54. The number of hydrogen-bond donors (Lipinski definition) is 0. The molecule has 3 fully saturated rings. The first kappa shape index (κ1) is 11.8. The fourth-order valence-electron chi connectivity index (χ4n) is 3.99. The van der Waals surface area contributed by atoms with E-state index in [-0.39, 0.29) is 0 Å². The fraction of sp³-hybridized carbons (Fsp3) is 0.929. The Morgan fingerprint density at radius 3 is 2.53 bits per heavy atom. The van der Waals surface area contributed by atoms with E-state index in [0.29, 0.717) is 17.7 Å². The third-order valence-corrected chi connectivity index (χ3v) is 5.27. The second kappa shape index (κ2) is 4.79. The van der Waals surface area contributed by atoms with Crippen molar-refractivity contribution < 1.29 is 4.79 Å². The number of carbonyl (C=O) groups is 1. The highest BCUT2D eigenvalue weighted by Gasteiger charge is 2.56. The van der Waals surface area contributed by atoms with E-state index in [2.05, 4.69) is 4.90 Å². The molecule has 2 saturated carbocycles. The van der Waals surface area contributed by atoms with Crippen LogP contribution in [0.15, 0.2) is 0 Å². The Labute approximate surface area is 109 Å². The Morgan fingerprint density at radius 1 is 1.18 bits per heavy atom. The molecule has 96 valence electrons. The summed E-state index contributed by atoms with van der Waals surface area (Å²) < 4.78 is 0. The summed E-state index contributed by atoms with van der Waals surface area (Å²) in [6.45, 7) is 1.96. The number of hydrogen-bond acceptors (Lipinski definition) is 1. The van der Waals surface area contributed by atoms with Crippen LogP contribution in [0.3, 0.4) is 0 Å². The maximum Gasteiger partial charge on any atom is 0.226 e. The van der Waals surface area contributed by atoms with Crippen LogP contribution in [0.5, 0.6) is 0 Å². The number of alkyl halides is 1. The van der Waals surface area contributed by atoms with E-state index in [1.807, 2.05) is 0 Å². The number of likely N-dealkylation sites (tertiary alicyclic amines) is 1. The number of amides is 1. The van der Waals surface area contributed by atoms with Crippen LogP contribution in [0, 0.1) is 23.7 Å². The van der Waals surface area contributed by atoms with Crippen molar-refractivity contribution in [1.82, 2.24) is 4.90 Å². The van der Waals surface area contributed by atoms with Crippen molar-refractivity contribution in [3.05, 3.63) is 0 Å². The first-order chi connectivity index (χ1) is 8.31. The van der Waals surface area contributed by atoms with Crippen molar-refractivity contribution >= 4 is 17.5 Å². The Hall–Kier alpha value is -0.240. The first-order valence-electron chi connectivity index (χ1n) is 7.16. The van der Waals surface area contributed by atoms with E-state index in [1.165, 1.54) is 32.1 Å². The van der Waals surface area contributed by atoms with Gasteiger partial charge in [0.1, 0.15) is 0 Å². The standard InChI is InChI=1S/C14H22ClNO/c15-7-5-10-6-8-16(9-10)14(17)13-11-3-1-2-4-12(11)13/h10-13H,1-9H2. The average Bonchev–Trinajstić information content (AvgIpc) is 2.89. The molecule has 17 heavy (non-hydrogen) atoms. The van der Waals surface area contributed by atoms with Crippen LogP contribution < -0.4 is 0 Å². The topological polar surface area (TPSA) is 20.3 Å². The van der Waals surface area contributed by atoms with Gasteiger partial charge in [-0.1, -0.05) is 12.8 Å². The Bertz CT molecular complexity index is 295. The van der Waals surface area contributed by atoms with Crippen LogP contribution in [0.1, 0.15) is 38.5 Å². The Kier molecular flexibility index (Phi) is 3.34. The molecule has 1 saturated heterocycles. The van der Waals surface area contributed by atoms with Crippen LogP contribution >= 0.6 is 11.6 Å². The van der Waals surface area contributed by atoms with Gasteiger partial charge in [-0.25, -0.2) is 0 Å². The van der Waals surface area contributed by atoms with Gasteiger partial charge in [-0.3, -0.25) is 4.79 Å². The summed E-state index contributed by atoms with van der Waals surface area (Å²) in [4.78, 5) is 14.5. The van der Waals surface area contributed by atoms with Crippen LogP contribution in [0.4, 0.5) is 0 Å². The van der Waals surface area contributed by atoms with Crippen molar-refractivity contribution in [2.75, 3.05) is 19.0 Å². The molecule has 3 atom stereocenters. The van der Waals surface area contributed by atoms with Gasteiger partial charge in [0, 0.05) is 24.9 Å². The third kappa shape index (κ3) is 2.21. The lowest BCUT2D eigenvalue weighted by molar-refractivity contribution is -0.132. The molecule has 3 unspecified atom stereocenters. The zero-order valence-electron chi connectivity index (χ0n) is 10.4. The number of nitrogens with zero attached hydrogens (tertiary/aromatic N) is 1. The monoisotopic (exact) mass is 255 g/mol. The number of fused-ring (bicyclic) bond motifs is 1. The summed E-state index contributed by atoms with van der Waals surface area (Å²) in [6, 6.07) is 0. The minimum absolute atomic E-state index is 0.409. The minimum atomic E-state index is 0.409. The molecular formula is C14H22ClNO. The predicted molar refractivity (Wildman–Crippen MR) is 69.0 cm³/mol. The molecule has 1 heterocycles. The molecule has 3 rings (SSSR count). The molecule has 2 aliphatic carbocycles. The average molecular weight is 256 g/mol. The van der Waals surface area contributed by atoms with E-state index in [9.17, 15) is 4.79 Å². The molecule has 0 aromatic heterocycles. The largest absolute Gasteiger partial charge is 0.342 e. The van der Waals surface area contributed by atoms with Gasteiger partial charge in [0.2, 0.25) is 5.91 Å². The van der Waals surface area contributed by atoms with Gasteiger partial charge in [-0.05, 0) is 43.4 Å². The second-order valence-electron chi connectivity index (χ2n) is 6.05. The highest BCUT2D eigenvalue weighted by Crippen LogP contribution is 2.56. The van der Waals surface area contributed by atoms with Crippen molar-refractivity contribution in [2.24, 2.45) is 23.7 Å². The summed E-state index contributed by atoms with van der Waals surface area (Å²) in [5, 5.41) is 0. The van der Waals surface area contributed by atoms with Gasteiger partial charge >= 0.3 is 0 Å². The van der Waals surface area contributed by atoms with E-state index in [1.54, 1.807) is 0 Å². The van der Waals surface area contributed by atoms with Crippen LogP contribution in [-0.2, 0) is 4.79 Å². The molecule has 0 aromatic rings. The molecule has 0 bridgehead atoms. The predicted octanol–water partition coefficient (Wildman–Crippen LogP) is 2.90. The second-order valence-corrected chi connectivity index (χ2v) is 6.43. The van der Waals surface area contributed by atoms with E-state index in [0.717, 1.165) is 37.2 Å². The van der Waals surface area contributed by atoms with Crippen LogP contribution in [0.2, 0.25) is 0 Å². The Balaban J connectivity index is 1.54.